The van der Waals surface area contributed by atoms with E-state index < -0.39 is 29.8 Å². The van der Waals surface area contributed by atoms with E-state index >= 15 is 0 Å². The maximum atomic E-state index is 13.2. The second-order valence-corrected chi connectivity index (χ2v) is 5.10. The number of nitrogens with one attached hydrogen (secondary N) is 2. The maximum absolute atomic E-state index is 13.2. The fraction of sp³-hybridized carbons (Fsp3) is 0.286. The van der Waals surface area contributed by atoms with Gasteiger partial charge in [0, 0.05) is 0 Å². The summed E-state index contributed by atoms with van der Waals surface area (Å²) < 4.78 is 79.0. The molecule has 0 aliphatic rings. The molecule has 0 fully saturated rings. The smallest absolute Gasteiger partial charge is 0.430 e. The molecular weight excluding hydrogens is 384 g/mol. The molecule has 0 saturated heterocycles. The molecule has 13 heteroatoms. The minimum Gasteiger partial charge on any atom is -0.430 e. The van der Waals surface area contributed by atoms with E-state index in [0.29, 0.717) is 5.56 Å². The molecule has 0 aliphatic carbocycles. The molecule has 0 unspecified atom stereocenters. The van der Waals surface area contributed by atoms with Gasteiger partial charge in [0.15, 0.2) is 0 Å². The highest BCUT2D eigenvalue weighted by atomic mass is 19.4. The van der Waals surface area contributed by atoms with Crippen LogP contribution < -0.4 is 15.7 Å². The molecule has 7 nitrogen and oxygen atoms in total. The molecule has 1 aromatic carbocycles. The number of hydrogen-bond donors (Lipinski definition) is 2. The van der Waals surface area contributed by atoms with E-state index in [4.69, 9.17) is 0 Å². The number of anilines is 1. The summed E-state index contributed by atoms with van der Waals surface area (Å²) in [5, 5.41) is 10.9. The lowest BCUT2D eigenvalue weighted by Crippen LogP contribution is -2.45. The van der Waals surface area contributed by atoms with Gasteiger partial charge in [0.05, 0.1) is 6.21 Å². The van der Waals surface area contributed by atoms with E-state index in [1.807, 2.05) is 0 Å². The number of aryl methyl sites for hydroxylation is 1. The number of hydrazone groups is 1. The van der Waals surface area contributed by atoms with Crippen LogP contribution in [0.15, 0.2) is 34.2 Å². The summed E-state index contributed by atoms with van der Waals surface area (Å²) in [5.41, 5.74) is 2.36. The fourth-order valence-electron chi connectivity index (χ4n) is 1.63. The average Bonchev–Trinajstić information content (AvgIpc) is 2.58. The van der Waals surface area contributed by atoms with Gasteiger partial charge in [-0.15, -0.1) is 10.2 Å². The monoisotopic (exact) mass is 395 g/mol. The number of aromatic amines is 1. The number of H-pyrrole nitrogens is 1. The molecule has 0 saturated carbocycles. The first-order valence-corrected chi connectivity index (χ1v) is 7.09. The zero-order valence-electron chi connectivity index (χ0n) is 13.4. The summed E-state index contributed by atoms with van der Waals surface area (Å²) in [7, 11) is 0. The van der Waals surface area contributed by atoms with Crippen molar-refractivity contribution in [1.82, 2.24) is 15.2 Å². The van der Waals surface area contributed by atoms with Crippen LogP contribution >= 0.6 is 0 Å². The molecule has 0 aliphatic heterocycles. The van der Waals surface area contributed by atoms with Crippen molar-refractivity contribution in [2.75, 3.05) is 5.43 Å². The molecule has 1 aromatic heterocycles. The van der Waals surface area contributed by atoms with Crippen molar-refractivity contribution in [3.63, 3.8) is 0 Å². The highest BCUT2D eigenvalue weighted by Crippen LogP contribution is 2.36. The average molecular weight is 395 g/mol. The molecule has 1 atom stereocenters. The van der Waals surface area contributed by atoms with E-state index in [1.165, 1.54) is 25.3 Å². The number of nitrogens with zero attached hydrogens (tertiary/aromatic N) is 3. The molecule has 0 spiro atoms. The minimum absolute atomic E-state index is 0.0532. The largest absolute Gasteiger partial charge is 0.439 e. The number of benzene rings is 1. The summed E-state index contributed by atoms with van der Waals surface area (Å²) >= 11 is 0. The number of hydrogen-bond acceptors (Lipinski definition) is 6. The van der Waals surface area contributed by atoms with Gasteiger partial charge in [0.25, 0.3) is 11.7 Å². The summed E-state index contributed by atoms with van der Waals surface area (Å²) in [6.07, 6.45) is -14.1. The highest BCUT2D eigenvalue weighted by Gasteiger charge is 2.59. The van der Waals surface area contributed by atoms with Crippen LogP contribution in [0.2, 0.25) is 0 Å². The van der Waals surface area contributed by atoms with Crippen LogP contribution in [0.3, 0.4) is 0 Å². The predicted molar refractivity (Wildman–Crippen MR) is 81.6 cm³/mol. The van der Waals surface area contributed by atoms with E-state index in [0.717, 1.165) is 12.1 Å². The maximum Gasteiger partial charge on any atom is 0.439 e. The summed E-state index contributed by atoms with van der Waals surface area (Å²) in [6.45, 7) is 1.45. The normalized spacial score (nSPS) is 13.6. The molecule has 1 heterocycles. The molecule has 27 heavy (non-hydrogen) atoms. The Morgan fingerprint density at radius 2 is 1.81 bits per heavy atom. The standard InChI is InChI=1S/C14H11F6N5O2/c1-7-10(26)22-12(25-23-7)24-21-6-8-2-4-9(5-3-8)27-14(19,20)11(15)13(16,17)18/h2-6,11H,1H3,(H2,22,24,25,26)/b21-6-/t11-/m0/s1. The SMILES string of the molecule is Cc1nnc(N/N=C\c2ccc(OC(F)(F)[C@@H](F)C(F)(F)F)cc2)[nH]c1=O. The topological polar surface area (TPSA) is 92.3 Å². The zero-order valence-corrected chi connectivity index (χ0v) is 13.4. The first-order valence-electron chi connectivity index (χ1n) is 7.09. The Labute approximate surface area is 147 Å². The van der Waals surface area contributed by atoms with Crippen LogP contribution in [0.5, 0.6) is 5.75 Å². The van der Waals surface area contributed by atoms with Crippen LogP contribution in [-0.4, -0.2) is 39.9 Å². The quantitative estimate of drug-likeness (QED) is 0.446. The molecule has 146 valence electrons. The number of halogens is 6. The van der Waals surface area contributed by atoms with Crippen LogP contribution in [0.1, 0.15) is 11.3 Å². The molecule has 2 N–H and O–H groups in total. The van der Waals surface area contributed by atoms with Crippen LogP contribution in [0, 0.1) is 6.92 Å². The fourth-order valence-corrected chi connectivity index (χ4v) is 1.63. The van der Waals surface area contributed by atoms with Gasteiger partial charge in [0.1, 0.15) is 11.4 Å². The molecule has 2 aromatic rings. The van der Waals surface area contributed by atoms with Gasteiger partial charge in [-0.2, -0.15) is 27.1 Å². The van der Waals surface area contributed by atoms with Gasteiger partial charge in [-0.3, -0.25) is 9.78 Å². The van der Waals surface area contributed by atoms with Crippen molar-refractivity contribution in [3.8, 4) is 5.75 Å². The summed E-state index contributed by atoms with van der Waals surface area (Å²) in [6, 6.07) is 4.18. The summed E-state index contributed by atoms with van der Waals surface area (Å²) in [5.74, 6) is -0.728. The van der Waals surface area contributed by atoms with Gasteiger partial charge in [-0.1, -0.05) is 0 Å². The van der Waals surface area contributed by atoms with Crippen molar-refractivity contribution in [2.24, 2.45) is 5.10 Å². The molecule has 0 bridgehead atoms. The van der Waals surface area contributed by atoms with Gasteiger partial charge >= 0.3 is 12.3 Å². The lowest BCUT2D eigenvalue weighted by Gasteiger charge is -2.23. The van der Waals surface area contributed by atoms with Gasteiger partial charge < -0.3 is 4.74 Å². The van der Waals surface area contributed by atoms with Crippen molar-refractivity contribution in [1.29, 1.82) is 0 Å². The predicted octanol–water partition coefficient (Wildman–Crippen LogP) is 2.79. The lowest BCUT2D eigenvalue weighted by molar-refractivity contribution is -0.304. The second kappa shape index (κ2) is 7.63. The molecule has 2 rings (SSSR count). The van der Waals surface area contributed by atoms with Crippen molar-refractivity contribution < 1.29 is 31.1 Å². The third-order valence-corrected chi connectivity index (χ3v) is 2.96. The Hall–Kier alpha value is -3.12. The minimum atomic E-state index is -5.76. The van der Waals surface area contributed by atoms with Crippen LogP contribution in [0.4, 0.5) is 32.3 Å². The van der Waals surface area contributed by atoms with Gasteiger partial charge in [0.2, 0.25) is 5.95 Å². The third kappa shape index (κ3) is 5.43. The Balaban J connectivity index is 2.00. The first-order chi connectivity index (χ1) is 12.5. The number of alkyl halides is 6. The van der Waals surface area contributed by atoms with Crippen molar-refractivity contribution in [2.45, 2.75) is 25.4 Å². The van der Waals surface area contributed by atoms with Crippen molar-refractivity contribution in [3.05, 3.63) is 45.9 Å². The number of rotatable bonds is 6. The van der Waals surface area contributed by atoms with E-state index in [-0.39, 0.29) is 11.6 Å². The number of ether oxygens (including phenoxy) is 1. The Bertz CT molecular complexity index is 866. The van der Waals surface area contributed by atoms with E-state index in [1.54, 1.807) is 0 Å². The Kier molecular flexibility index (Phi) is 5.71. The van der Waals surface area contributed by atoms with Gasteiger partial charge in [-0.25, -0.2) is 9.82 Å². The Morgan fingerprint density at radius 1 is 1.19 bits per heavy atom. The molecule has 0 amide bonds. The lowest BCUT2D eigenvalue weighted by atomic mass is 10.2. The first kappa shape index (κ1) is 20.2. The van der Waals surface area contributed by atoms with Gasteiger partial charge in [-0.05, 0) is 36.8 Å². The van der Waals surface area contributed by atoms with E-state index in [9.17, 15) is 31.1 Å². The Morgan fingerprint density at radius 3 is 2.37 bits per heavy atom. The van der Waals surface area contributed by atoms with Crippen LogP contribution in [0.25, 0.3) is 0 Å². The third-order valence-electron chi connectivity index (χ3n) is 2.96. The van der Waals surface area contributed by atoms with Crippen LogP contribution in [-0.2, 0) is 0 Å². The highest BCUT2D eigenvalue weighted by molar-refractivity contribution is 5.80. The zero-order chi connectivity index (χ0) is 20.2. The van der Waals surface area contributed by atoms with Crippen molar-refractivity contribution >= 4 is 12.2 Å². The molecule has 0 radical (unpaired) electrons. The molecular formula is C14H11F6N5O2. The second-order valence-electron chi connectivity index (χ2n) is 5.10. The number of aromatic nitrogens is 3. The van der Waals surface area contributed by atoms with E-state index in [2.05, 4.69) is 30.4 Å². The summed E-state index contributed by atoms with van der Waals surface area (Å²) in [4.78, 5) is 13.6.